The van der Waals surface area contributed by atoms with Crippen molar-refractivity contribution in [2.75, 3.05) is 24.5 Å². The van der Waals surface area contributed by atoms with E-state index in [0.717, 1.165) is 0 Å². The summed E-state index contributed by atoms with van der Waals surface area (Å²) in [6.07, 6.45) is -3.09. The van der Waals surface area contributed by atoms with Gasteiger partial charge in [0, 0.05) is 31.3 Å². The fourth-order valence-electron chi connectivity index (χ4n) is 3.21. The zero-order valence-corrected chi connectivity index (χ0v) is 14.2. The number of nitrogens with one attached hydrogen (secondary N) is 1. The second-order valence-electron chi connectivity index (χ2n) is 6.89. The molecule has 2 aliphatic rings. The van der Waals surface area contributed by atoms with E-state index in [-0.39, 0.29) is 11.7 Å². The zero-order valence-electron chi connectivity index (χ0n) is 14.2. The van der Waals surface area contributed by atoms with E-state index in [1.807, 2.05) is 4.90 Å². The van der Waals surface area contributed by atoms with Crippen LogP contribution >= 0.6 is 0 Å². The first kappa shape index (κ1) is 17.8. The van der Waals surface area contributed by atoms with Crippen molar-refractivity contribution in [2.24, 2.45) is 0 Å². The Labute approximate surface area is 143 Å². The van der Waals surface area contributed by atoms with Gasteiger partial charge in [0.1, 0.15) is 11.4 Å². The van der Waals surface area contributed by atoms with E-state index >= 15 is 0 Å². The molecule has 0 saturated carbocycles. The molecule has 2 fully saturated rings. The van der Waals surface area contributed by atoms with E-state index in [2.05, 4.69) is 15.3 Å². The van der Waals surface area contributed by atoms with Crippen LogP contribution in [0, 0.1) is 0 Å². The quantitative estimate of drug-likeness (QED) is 0.880. The minimum Gasteiger partial charge on any atom is -0.441 e. The van der Waals surface area contributed by atoms with E-state index in [1.54, 1.807) is 19.9 Å². The van der Waals surface area contributed by atoms with Crippen molar-refractivity contribution >= 4 is 11.9 Å². The molecule has 1 aromatic rings. The van der Waals surface area contributed by atoms with Crippen molar-refractivity contribution in [3.63, 3.8) is 0 Å². The van der Waals surface area contributed by atoms with Crippen LogP contribution in [0.3, 0.4) is 0 Å². The van der Waals surface area contributed by atoms with Crippen LogP contribution in [-0.4, -0.2) is 41.3 Å². The normalized spacial score (nSPS) is 24.4. The number of ether oxygens (including phenoxy) is 1. The number of amides is 1. The molecule has 9 heteroatoms. The first-order valence-corrected chi connectivity index (χ1v) is 8.36. The molecular formula is C16H21F3N4O2. The van der Waals surface area contributed by atoms with Crippen LogP contribution < -0.4 is 10.2 Å². The number of aromatic nitrogens is 2. The Morgan fingerprint density at radius 2 is 2.04 bits per heavy atom. The third-order valence-corrected chi connectivity index (χ3v) is 4.66. The highest BCUT2D eigenvalue weighted by Crippen LogP contribution is 2.33. The molecule has 2 aliphatic heterocycles. The summed E-state index contributed by atoms with van der Waals surface area (Å²) in [4.78, 5) is 20.6. The van der Waals surface area contributed by atoms with Gasteiger partial charge in [0.15, 0.2) is 0 Å². The van der Waals surface area contributed by atoms with Crippen LogP contribution in [0.2, 0.25) is 0 Å². The topological polar surface area (TPSA) is 67.4 Å². The SMILES string of the molecule is CC(C)c1cc(N2CCCC3(CC2)CNC(=O)O3)nc(C(F)(F)F)n1. The number of carbonyl (C=O) groups is 1. The average molecular weight is 358 g/mol. The molecule has 1 atom stereocenters. The van der Waals surface area contributed by atoms with Crippen LogP contribution in [-0.2, 0) is 10.9 Å². The summed E-state index contributed by atoms with van der Waals surface area (Å²) < 4.78 is 44.8. The number of halogens is 3. The molecule has 2 saturated heterocycles. The molecule has 0 aliphatic carbocycles. The highest BCUT2D eigenvalue weighted by Gasteiger charge is 2.42. The lowest BCUT2D eigenvalue weighted by Gasteiger charge is -2.26. The number of rotatable bonds is 2. The highest BCUT2D eigenvalue weighted by molar-refractivity contribution is 5.70. The number of hydrogen-bond donors (Lipinski definition) is 1. The van der Waals surface area contributed by atoms with Crippen LogP contribution in [0.25, 0.3) is 0 Å². The third kappa shape index (κ3) is 3.80. The number of alkyl carbamates (subject to hydrolysis) is 1. The van der Waals surface area contributed by atoms with Crippen molar-refractivity contribution in [1.82, 2.24) is 15.3 Å². The van der Waals surface area contributed by atoms with Crippen LogP contribution in [0.5, 0.6) is 0 Å². The maximum atomic E-state index is 13.1. The van der Waals surface area contributed by atoms with E-state index in [1.165, 1.54) is 0 Å². The Morgan fingerprint density at radius 3 is 2.64 bits per heavy atom. The third-order valence-electron chi connectivity index (χ3n) is 4.66. The Morgan fingerprint density at radius 1 is 1.28 bits per heavy atom. The van der Waals surface area contributed by atoms with Gasteiger partial charge in [-0.1, -0.05) is 13.8 Å². The predicted octanol–water partition coefficient (Wildman–Crippen LogP) is 3.09. The zero-order chi connectivity index (χ0) is 18.2. The van der Waals surface area contributed by atoms with Crippen molar-refractivity contribution in [3.8, 4) is 0 Å². The monoisotopic (exact) mass is 358 g/mol. The largest absolute Gasteiger partial charge is 0.451 e. The van der Waals surface area contributed by atoms with Crippen LogP contribution in [0.1, 0.15) is 50.5 Å². The number of alkyl halides is 3. The molecule has 25 heavy (non-hydrogen) atoms. The van der Waals surface area contributed by atoms with Gasteiger partial charge in [0.2, 0.25) is 5.82 Å². The molecular weight excluding hydrogens is 337 g/mol. The Kier molecular flexibility index (Phi) is 4.51. The Hall–Kier alpha value is -2.06. The van der Waals surface area contributed by atoms with Gasteiger partial charge in [-0.05, 0) is 18.8 Å². The first-order valence-electron chi connectivity index (χ1n) is 8.36. The van der Waals surface area contributed by atoms with E-state index in [4.69, 9.17) is 4.74 Å². The fraction of sp³-hybridized carbons (Fsp3) is 0.688. The first-order chi connectivity index (χ1) is 11.7. The smallest absolute Gasteiger partial charge is 0.441 e. The highest BCUT2D eigenvalue weighted by atomic mass is 19.4. The maximum absolute atomic E-state index is 13.1. The van der Waals surface area contributed by atoms with Gasteiger partial charge >= 0.3 is 12.3 Å². The van der Waals surface area contributed by atoms with Crippen molar-refractivity contribution in [3.05, 3.63) is 17.6 Å². The summed E-state index contributed by atoms with van der Waals surface area (Å²) in [6, 6.07) is 1.62. The maximum Gasteiger partial charge on any atom is 0.451 e. The molecule has 0 bridgehead atoms. The van der Waals surface area contributed by atoms with Crippen molar-refractivity contribution in [1.29, 1.82) is 0 Å². The van der Waals surface area contributed by atoms with Gasteiger partial charge < -0.3 is 15.0 Å². The molecule has 1 spiro atoms. The molecule has 1 unspecified atom stereocenters. The summed E-state index contributed by atoms with van der Waals surface area (Å²) in [5.41, 5.74) is -0.197. The van der Waals surface area contributed by atoms with Gasteiger partial charge in [-0.15, -0.1) is 0 Å². The number of hydrogen-bond acceptors (Lipinski definition) is 5. The van der Waals surface area contributed by atoms with E-state index < -0.39 is 23.7 Å². The number of carbonyl (C=O) groups excluding carboxylic acids is 1. The Bertz CT molecular complexity index is 665. The van der Waals surface area contributed by atoms with Gasteiger partial charge in [-0.3, -0.25) is 0 Å². The fourth-order valence-corrected chi connectivity index (χ4v) is 3.21. The molecule has 0 radical (unpaired) electrons. The van der Waals surface area contributed by atoms with Gasteiger partial charge in [0.05, 0.1) is 6.54 Å². The predicted molar refractivity (Wildman–Crippen MR) is 84.4 cm³/mol. The Balaban J connectivity index is 1.86. The summed E-state index contributed by atoms with van der Waals surface area (Å²) in [6.45, 7) is 5.07. The molecule has 3 rings (SSSR count). The number of nitrogens with zero attached hydrogens (tertiary/aromatic N) is 3. The molecule has 1 aromatic heterocycles. The van der Waals surface area contributed by atoms with Crippen LogP contribution in [0.15, 0.2) is 6.07 Å². The lowest BCUT2D eigenvalue weighted by Crippen LogP contribution is -2.35. The second-order valence-corrected chi connectivity index (χ2v) is 6.89. The lowest BCUT2D eigenvalue weighted by atomic mass is 9.95. The second kappa shape index (κ2) is 6.34. The molecule has 138 valence electrons. The van der Waals surface area contributed by atoms with E-state index in [0.29, 0.717) is 44.6 Å². The van der Waals surface area contributed by atoms with E-state index in [9.17, 15) is 18.0 Å². The number of anilines is 1. The summed E-state index contributed by atoms with van der Waals surface area (Å²) in [7, 11) is 0. The molecule has 3 heterocycles. The lowest BCUT2D eigenvalue weighted by molar-refractivity contribution is -0.145. The molecule has 6 nitrogen and oxygen atoms in total. The van der Waals surface area contributed by atoms with Gasteiger partial charge in [-0.25, -0.2) is 14.8 Å². The summed E-state index contributed by atoms with van der Waals surface area (Å²) >= 11 is 0. The van der Waals surface area contributed by atoms with Crippen LogP contribution in [0.4, 0.5) is 23.8 Å². The van der Waals surface area contributed by atoms with Crippen molar-refractivity contribution in [2.45, 2.75) is 50.8 Å². The van der Waals surface area contributed by atoms with Crippen molar-refractivity contribution < 1.29 is 22.7 Å². The van der Waals surface area contributed by atoms with Gasteiger partial charge in [0.25, 0.3) is 0 Å². The van der Waals surface area contributed by atoms with Gasteiger partial charge in [-0.2, -0.15) is 13.2 Å². The molecule has 1 amide bonds. The summed E-state index contributed by atoms with van der Waals surface area (Å²) in [5, 5.41) is 2.66. The molecule has 1 N–H and O–H groups in total. The molecule has 0 aromatic carbocycles. The standard InChI is InChI=1S/C16H21F3N4O2/c1-10(2)11-8-12(22-13(21-11)16(17,18)19)23-6-3-4-15(5-7-23)9-20-14(24)25-15/h8,10H,3-7,9H2,1-2H3,(H,20,24). The minimum absolute atomic E-state index is 0.138. The summed E-state index contributed by atoms with van der Waals surface area (Å²) in [5.74, 6) is -0.969. The minimum atomic E-state index is -4.59. The average Bonchev–Trinajstić information content (AvgIpc) is 2.77.